The van der Waals surface area contributed by atoms with Crippen molar-refractivity contribution in [3.8, 4) is 28.3 Å². The third-order valence-corrected chi connectivity index (χ3v) is 13.1. The number of pyridine rings is 1. The number of urea groups is 1. The molecule has 13 heteroatoms. The molecule has 0 radical (unpaired) electrons. The number of fused-ring (bicyclic) bond motifs is 4. The van der Waals surface area contributed by atoms with Gasteiger partial charge in [-0.15, -0.1) is 0 Å². The summed E-state index contributed by atoms with van der Waals surface area (Å²) >= 11 is 0. The standard InChI is InChI=1S/C31H33N7O.C25H19N5/c1-36(2)31(39)38-15-9-22(10-16-38)29(24-5-4-11-32-20-24)35-25-18-26(30-27(19-25)33-12-13-34-30)23-7-6-21-8-14-37(3)28(21)17-23;1-30-10-7-20-12-19(5-6-24(20)30)22-13-21(14-23-25(22)28-9-8-27-23)29-16-18-4-2-3-17(11-18)15-26/h4-8,11-14,17-20,22,29,35H,9-10,15-16H2,1-3H3;2-14,29H,16H2,1H3. The van der Waals surface area contributed by atoms with Crippen molar-refractivity contribution in [1.82, 2.24) is 43.9 Å². The number of hydrogen-bond donors (Lipinski definition) is 2. The van der Waals surface area contributed by atoms with Crippen molar-refractivity contribution in [3.05, 3.63) is 175 Å². The summed E-state index contributed by atoms with van der Waals surface area (Å²) in [6.45, 7) is 2.11. The molecule has 0 saturated carbocycles. The van der Waals surface area contributed by atoms with Crippen molar-refractivity contribution in [2.24, 2.45) is 20.0 Å². The Hall–Kier alpha value is -8.63. The van der Waals surface area contributed by atoms with Crippen molar-refractivity contribution in [2.75, 3.05) is 37.8 Å². The Morgan fingerprint density at radius 1 is 0.710 bits per heavy atom. The molecule has 5 aromatic heterocycles. The van der Waals surface area contributed by atoms with Crippen LogP contribution in [0, 0.1) is 17.2 Å². The largest absolute Gasteiger partial charge is 0.381 e. The number of benzene rings is 5. The van der Waals surface area contributed by atoms with E-state index >= 15 is 0 Å². The molecule has 1 fully saturated rings. The molecule has 342 valence electrons. The number of aromatic nitrogens is 7. The molecular formula is C56H52N12O. The zero-order chi connectivity index (χ0) is 47.4. The number of aryl methyl sites for hydroxylation is 2. The Bertz CT molecular complexity index is 3510. The van der Waals surface area contributed by atoms with Crippen LogP contribution >= 0.6 is 0 Å². The van der Waals surface area contributed by atoms with Gasteiger partial charge >= 0.3 is 6.03 Å². The molecule has 0 bridgehead atoms. The summed E-state index contributed by atoms with van der Waals surface area (Å²) in [5.41, 5.74) is 14.9. The van der Waals surface area contributed by atoms with Crippen LogP contribution in [-0.4, -0.2) is 77.1 Å². The van der Waals surface area contributed by atoms with Crippen LogP contribution in [0.4, 0.5) is 16.2 Å². The van der Waals surface area contributed by atoms with Gasteiger partial charge in [0.2, 0.25) is 0 Å². The van der Waals surface area contributed by atoms with E-state index in [0.29, 0.717) is 18.0 Å². The first kappa shape index (κ1) is 44.2. The second-order valence-corrected chi connectivity index (χ2v) is 17.9. The number of nitrogens with one attached hydrogen (secondary N) is 2. The van der Waals surface area contributed by atoms with Gasteiger partial charge in [-0.1, -0.05) is 36.4 Å². The molecule has 69 heavy (non-hydrogen) atoms. The van der Waals surface area contributed by atoms with Gasteiger partial charge in [0.25, 0.3) is 0 Å². The van der Waals surface area contributed by atoms with Crippen LogP contribution in [0.5, 0.6) is 0 Å². The average molecular weight is 909 g/mol. The quantitative estimate of drug-likeness (QED) is 0.144. The van der Waals surface area contributed by atoms with Crippen LogP contribution in [0.3, 0.4) is 0 Å². The van der Waals surface area contributed by atoms with E-state index in [1.54, 1.807) is 29.7 Å². The van der Waals surface area contributed by atoms with Gasteiger partial charge in [0, 0.05) is 136 Å². The molecule has 10 aromatic rings. The van der Waals surface area contributed by atoms with Crippen molar-refractivity contribution in [1.29, 1.82) is 5.26 Å². The van der Waals surface area contributed by atoms with Crippen LogP contribution < -0.4 is 10.6 Å². The first-order valence-corrected chi connectivity index (χ1v) is 23.1. The van der Waals surface area contributed by atoms with Crippen molar-refractivity contribution >= 4 is 61.3 Å². The van der Waals surface area contributed by atoms with Gasteiger partial charge < -0.3 is 29.6 Å². The highest BCUT2D eigenvalue weighted by molar-refractivity contribution is 5.98. The van der Waals surface area contributed by atoms with Gasteiger partial charge in [0.15, 0.2) is 0 Å². The molecule has 5 aromatic carbocycles. The molecular weight excluding hydrogens is 857 g/mol. The summed E-state index contributed by atoms with van der Waals surface area (Å²) < 4.78 is 4.25. The SMILES string of the molecule is CN(C)C(=O)N1CCC(C(Nc2cc(-c3ccc4ccn(C)c4c3)c3nccnc3c2)c2cccnc2)CC1.Cn1ccc2cc(-c3cc(NCc4cccc(C#N)c4)cc4nccnc34)ccc21. The molecule has 13 nitrogen and oxygen atoms in total. The Labute approximate surface area is 400 Å². The maximum absolute atomic E-state index is 12.5. The molecule has 1 aliphatic rings. The number of nitriles is 1. The van der Waals surface area contributed by atoms with Crippen LogP contribution in [0.15, 0.2) is 159 Å². The lowest BCUT2D eigenvalue weighted by molar-refractivity contribution is 0.143. The molecule has 1 atom stereocenters. The van der Waals surface area contributed by atoms with E-state index in [1.165, 1.54) is 21.8 Å². The van der Waals surface area contributed by atoms with Gasteiger partial charge in [0.05, 0.1) is 39.7 Å². The number of rotatable bonds is 9. The van der Waals surface area contributed by atoms with Gasteiger partial charge in [-0.25, -0.2) is 4.79 Å². The zero-order valence-electron chi connectivity index (χ0n) is 39.1. The second kappa shape index (κ2) is 19.3. The highest BCUT2D eigenvalue weighted by atomic mass is 16.2. The second-order valence-electron chi connectivity index (χ2n) is 17.9. The number of piperidine rings is 1. The van der Waals surface area contributed by atoms with E-state index in [2.05, 4.69) is 145 Å². The first-order valence-electron chi connectivity index (χ1n) is 23.1. The monoisotopic (exact) mass is 908 g/mol. The van der Waals surface area contributed by atoms with Crippen LogP contribution in [0.1, 0.15) is 35.6 Å². The fourth-order valence-electron chi connectivity index (χ4n) is 9.53. The normalized spacial score (nSPS) is 13.2. The minimum absolute atomic E-state index is 0.0487. The Morgan fingerprint density at radius 3 is 2.09 bits per heavy atom. The van der Waals surface area contributed by atoms with Crippen molar-refractivity contribution in [3.63, 3.8) is 0 Å². The molecule has 2 amide bonds. The molecule has 1 aliphatic heterocycles. The first-order chi connectivity index (χ1) is 33.7. The number of amides is 2. The van der Waals surface area contributed by atoms with Crippen molar-refractivity contribution < 1.29 is 4.79 Å². The lowest BCUT2D eigenvalue weighted by Crippen LogP contribution is -2.45. The summed E-state index contributed by atoms with van der Waals surface area (Å²) in [4.78, 5) is 39.0. The Balaban J connectivity index is 0.000000166. The lowest BCUT2D eigenvalue weighted by atomic mass is 9.85. The Morgan fingerprint density at radius 2 is 1.38 bits per heavy atom. The van der Waals surface area contributed by atoms with E-state index in [-0.39, 0.29) is 12.1 Å². The van der Waals surface area contributed by atoms with Gasteiger partial charge in [0.1, 0.15) is 0 Å². The minimum Gasteiger partial charge on any atom is -0.381 e. The predicted molar refractivity (Wildman–Crippen MR) is 275 cm³/mol. The van der Waals surface area contributed by atoms with Gasteiger partial charge in [-0.3, -0.25) is 24.9 Å². The van der Waals surface area contributed by atoms with Crippen LogP contribution in [0.2, 0.25) is 0 Å². The molecule has 11 rings (SSSR count). The number of likely N-dealkylation sites (tertiary alicyclic amines) is 1. The fourth-order valence-corrected chi connectivity index (χ4v) is 9.53. The number of carbonyl (C=O) groups excluding carboxylic acids is 1. The molecule has 1 saturated heterocycles. The maximum atomic E-state index is 12.5. The smallest absolute Gasteiger partial charge is 0.319 e. The van der Waals surface area contributed by atoms with Gasteiger partial charge in [-0.05, 0) is 119 Å². The zero-order valence-corrected chi connectivity index (χ0v) is 39.1. The maximum Gasteiger partial charge on any atom is 0.319 e. The topological polar surface area (TPSA) is 146 Å². The fraction of sp³-hybridized carbons (Fsp3) is 0.196. The third kappa shape index (κ3) is 9.38. The van der Waals surface area contributed by atoms with E-state index in [9.17, 15) is 4.79 Å². The summed E-state index contributed by atoms with van der Waals surface area (Å²) in [6.07, 6.45) is 16.7. The van der Waals surface area contributed by atoms with E-state index in [1.807, 2.05) is 67.8 Å². The average Bonchev–Trinajstić information content (AvgIpc) is 3.97. The number of nitrogens with zero attached hydrogens (tertiary/aromatic N) is 10. The molecule has 0 spiro atoms. The molecule has 2 N–H and O–H groups in total. The molecule has 1 unspecified atom stereocenters. The third-order valence-electron chi connectivity index (χ3n) is 13.1. The Kier molecular flexibility index (Phi) is 12.4. The number of hydrogen-bond acceptors (Lipinski definition) is 9. The predicted octanol–water partition coefficient (Wildman–Crippen LogP) is 11.0. The summed E-state index contributed by atoms with van der Waals surface area (Å²) in [5, 5.41) is 18.8. The summed E-state index contributed by atoms with van der Waals surface area (Å²) in [7, 11) is 7.74. The van der Waals surface area contributed by atoms with Crippen LogP contribution in [-0.2, 0) is 20.6 Å². The summed E-state index contributed by atoms with van der Waals surface area (Å²) in [5.74, 6) is 0.348. The lowest BCUT2D eigenvalue weighted by Gasteiger charge is -2.37. The van der Waals surface area contributed by atoms with Gasteiger partial charge in [-0.2, -0.15) is 5.26 Å². The number of carbonyl (C=O) groups is 1. The van der Waals surface area contributed by atoms with E-state index < -0.39 is 0 Å². The van der Waals surface area contributed by atoms with E-state index in [4.69, 9.17) is 10.2 Å². The highest BCUT2D eigenvalue weighted by Crippen LogP contribution is 2.38. The summed E-state index contributed by atoms with van der Waals surface area (Å²) in [6, 6.07) is 39.7. The molecule has 0 aliphatic carbocycles. The van der Waals surface area contributed by atoms with Crippen LogP contribution in [0.25, 0.3) is 66.1 Å². The minimum atomic E-state index is 0.0487. The molecule has 6 heterocycles. The van der Waals surface area contributed by atoms with Crippen molar-refractivity contribution in [2.45, 2.75) is 25.4 Å². The van der Waals surface area contributed by atoms with E-state index in [0.717, 1.165) is 92.8 Å². The highest BCUT2D eigenvalue weighted by Gasteiger charge is 2.30. The number of anilines is 2.